The fraction of sp³-hybridized carbons (Fsp3) is 0.346. The molecule has 1 aliphatic rings. The topological polar surface area (TPSA) is 87.2 Å². The maximum absolute atomic E-state index is 13.1. The van der Waals surface area contributed by atoms with Gasteiger partial charge in [-0.1, -0.05) is 56.3 Å². The summed E-state index contributed by atoms with van der Waals surface area (Å²) in [7, 11) is 1.31. The van der Waals surface area contributed by atoms with E-state index in [1.54, 1.807) is 48.5 Å². The summed E-state index contributed by atoms with van der Waals surface area (Å²) in [6.45, 7) is 7.14. The van der Waals surface area contributed by atoms with Gasteiger partial charge in [0.25, 0.3) is 11.7 Å². The van der Waals surface area contributed by atoms with Crippen LogP contribution in [0.3, 0.4) is 0 Å². The second-order valence-electron chi connectivity index (χ2n) is 7.85. The Labute approximate surface area is 194 Å². The van der Waals surface area contributed by atoms with Gasteiger partial charge in [0.2, 0.25) is 0 Å². The lowest BCUT2D eigenvalue weighted by Crippen LogP contribution is -2.33. The third-order valence-corrected chi connectivity index (χ3v) is 6.00. The van der Waals surface area contributed by atoms with Crippen molar-refractivity contribution >= 4 is 23.4 Å². The second kappa shape index (κ2) is 10.9. The summed E-state index contributed by atoms with van der Waals surface area (Å²) >= 11 is 0. The molecule has 1 atom stereocenters. The lowest BCUT2D eigenvalue weighted by molar-refractivity contribution is -0.140. The quantitative estimate of drug-likeness (QED) is 0.272. The highest BCUT2D eigenvalue weighted by Crippen LogP contribution is 2.39. The number of likely N-dealkylation sites (tertiary alicyclic amines) is 1. The van der Waals surface area contributed by atoms with Crippen LogP contribution in [-0.4, -0.2) is 65.9 Å². The first-order valence-electron chi connectivity index (χ1n) is 11.2. The van der Waals surface area contributed by atoms with Crippen LogP contribution < -0.4 is 0 Å². The van der Waals surface area contributed by atoms with E-state index in [9.17, 15) is 19.5 Å². The summed E-state index contributed by atoms with van der Waals surface area (Å²) in [6, 6.07) is 14.6. The first-order chi connectivity index (χ1) is 15.9. The number of benzene rings is 2. The molecular weight excluding hydrogens is 420 g/mol. The number of aliphatic hydroxyl groups is 1. The van der Waals surface area contributed by atoms with Crippen molar-refractivity contribution in [1.29, 1.82) is 0 Å². The van der Waals surface area contributed by atoms with E-state index in [0.29, 0.717) is 29.7 Å². The van der Waals surface area contributed by atoms with Crippen molar-refractivity contribution in [3.63, 3.8) is 0 Å². The molecule has 0 radical (unpaired) electrons. The van der Waals surface area contributed by atoms with Gasteiger partial charge >= 0.3 is 5.97 Å². The molecule has 1 aliphatic heterocycles. The molecule has 174 valence electrons. The van der Waals surface area contributed by atoms with Gasteiger partial charge in [0.15, 0.2) is 0 Å². The third-order valence-electron chi connectivity index (χ3n) is 6.00. The van der Waals surface area contributed by atoms with Crippen molar-refractivity contribution in [2.24, 2.45) is 0 Å². The fourth-order valence-corrected chi connectivity index (χ4v) is 4.13. The molecule has 0 saturated carbocycles. The van der Waals surface area contributed by atoms with E-state index in [-0.39, 0.29) is 11.3 Å². The van der Waals surface area contributed by atoms with Crippen LogP contribution in [0, 0.1) is 0 Å². The maximum atomic E-state index is 13.1. The number of methoxy groups -OCH3 is 1. The van der Waals surface area contributed by atoms with Crippen LogP contribution in [0.5, 0.6) is 0 Å². The number of Topliss-reactive ketones (excluding diaryl/α,β-unsaturated/α-hetero) is 1. The largest absolute Gasteiger partial charge is 0.507 e. The Kier molecular flexibility index (Phi) is 8.01. The van der Waals surface area contributed by atoms with Gasteiger partial charge in [-0.3, -0.25) is 9.59 Å². The number of hydrogen-bond donors (Lipinski definition) is 1. The lowest BCUT2D eigenvalue weighted by atomic mass is 9.94. The fourth-order valence-electron chi connectivity index (χ4n) is 4.13. The number of ether oxygens (including phenoxy) is 1. The van der Waals surface area contributed by atoms with Crippen molar-refractivity contribution in [2.75, 3.05) is 33.3 Å². The summed E-state index contributed by atoms with van der Waals surface area (Å²) in [5, 5.41) is 11.0. The molecule has 0 aromatic heterocycles. The number of nitrogens with zero attached hydrogens (tertiary/aromatic N) is 2. The average molecular weight is 451 g/mol. The second-order valence-corrected chi connectivity index (χ2v) is 7.85. The molecule has 0 bridgehead atoms. The molecule has 7 nitrogen and oxygen atoms in total. The summed E-state index contributed by atoms with van der Waals surface area (Å²) < 4.78 is 4.76. The normalized spacial score (nSPS) is 17.6. The standard InChI is InChI=1S/C26H30N2O5/c1-4-27(5-2)16-9-17-28-22(18-12-14-20(15-13-18)26(32)33-3)21(24(30)25(28)31)23(29)19-10-7-6-8-11-19/h6-8,10-15,22,29H,4-5,9,16-17H2,1-3H3/b23-21+. The Bertz CT molecular complexity index is 1030. The number of hydrogen-bond acceptors (Lipinski definition) is 6. The SMILES string of the molecule is CCN(CC)CCCN1C(=O)C(=O)/C(=C(/O)c2ccccc2)C1c1ccc(C(=O)OC)cc1. The number of ketones is 1. The molecule has 0 spiro atoms. The summed E-state index contributed by atoms with van der Waals surface area (Å²) in [4.78, 5) is 41.7. The van der Waals surface area contributed by atoms with Crippen LogP contribution in [0.15, 0.2) is 60.2 Å². The Balaban J connectivity index is 2.02. The number of aliphatic hydroxyl groups excluding tert-OH is 1. The van der Waals surface area contributed by atoms with Gasteiger partial charge in [-0.25, -0.2) is 4.79 Å². The van der Waals surface area contributed by atoms with Crippen LogP contribution in [-0.2, 0) is 14.3 Å². The minimum absolute atomic E-state index is 0.0554. The molecule has 33 heavy (non-hydrogen) atoms. The number of rotatable bonds is 9. The Morgan fingerprint density at radius 2 is 1.64 bits per heavy atom. The third kappa shape index (κ3) is 5.14. The van der Waals surface area contributed by atoms with Gasteiger partial charge in [-0.15, -0.1) is 0 Å². The van der Waals surface area contributed by atoms with E-state index >= 15 is 0 Å². The van der Waals surface area contributed by atoms with Gasteiger partial charge in [-0.2, -0.15) is 0 Å². The predicted octanol–water partition coefficient (Wildman–Crippen LogP) is 3.63. The highest BCUT2D eigenvalue weighted by Gasteiger charge is 2.45. The molecule has 1 saturated heterocycles. The van der Waals surface area contributed by atoms with E-state index in [1.165, 1.54) is 12.0 Å². The van der Waals surface area contributed by atoms with E-state index in [2.05, 4.69) is 18.7 Å². The monoisotopic (exact) mass is 450 g/mol. The molecular formula is C26H30N2O5. The van der Waals surface area contributed by atoms with Crippen LogP contribution >= 0.6 is 0 Å². The zero-order chi connectivity index (χ0) is 24.0. The maximum Gasteiger partial charge on any atom is 0.337 e. The summed E-state index contributed by atoms with van der Waals surface area (Å²) in [5.41, 5.74) is 1.53. The number of carbonyl (C=O) groups is 3. The van der Waals surface area contributed by atoms with Gasteiger partial charge < -0.3 is 19.6 Å². The summed E-state index contributed by atoms with van der Waals surface area (Å²) in [5.74, 6) is -2.02. The smallest absolute Gasteiger partial charge is 0.337 e. The first kappa shape index (κ1) is 24.2. The molecule has 1 amide bonds. The van der Waals surface area contributed by atoms with Crippen LogP contribution in [0.1, 0.15) is 47.8 Å². The van der Waals surface area contributed by atoms with Crippen molar-refractivity contribution < 1.29 is 24.2 Å². The van der Waals surface area contributed by atoms with E-state index < -0.39 is 23.7 Å². The van der Waals surface area contributed by atoms with Crippen molar-refractivity contribution in [1.82, 2.24) is 9.80 Å². The predicted molar refractivity (Wildman–Crippen MR) is 126 cm³/mol. The molecule has 1 fully saturated rings. The molecule has 2 aromatic carbocycles. The Morgan fingerprint density at radius 3 is 2.21 bits per heavy atom. The summed E-state index contributed by atoms with van der Waals surface area (Å²) in [6.07, 6.45) is 0.691. The van der Waals surface area contributed by atoms with Gasteiger partial charge in [0.1, 0.15) is 5.76 Å². The first-order valence-corrected chi connectivity index (χ1v) is 11.2. The number of esters is 1. The zero-order valence-corrected chi connectivity index (χ0v) is 19.3. The number of amides is 1. The van der Waals surface area contributed by atoms with E-state index in [4.69, 9.17) is 4.74 Å². The molecule has 2 aromatic rings. The molecule has 3 rings (SSSR count). The molecule has 1 unspecified atom stereocenters. The molecule has 1 N–H and O–H groups in total. The van der Waals surface area contributed by atoms with Crippen LogP contribution in [0.4, 0.5) is 0 Å². The van der Waals surface area contributed by atoms with Crippen molar-refractivity contribution in [2.45, 2.75) is 26.3 Å². The highest BCUT2D eigenvalue weighted by molar-refractivity contribution is 6.46. The molecule has 0 aliphatic carbocycles. The van der Waals surface area contributed by atoms with Crippen LogP contribution in [0.25, 0.3) is 5.76 Å². The number of carbonyl (C=O) groups excluding carboxylic acids is 3. The van der Waals surface area contributed by atoms with Gasteiger partial charge in [0.05, 0.1) is 24.3 Å². The van der Waals surface area contributed by atoms with Crippen molar-refractivity contribution in [3.8, 4) is 0 Å². The minimum Gasteiger partial charge on any atom is -0.507 e. The molecule has 1 heterocycles. The lowest BCUT2D eigenvalue weighted by Gasteiger charge is -2.27. The van der Waals surface area contributed by atoms with Gasteiger partial charge in [0, 0.05) is 12.1 Å². The average Bonchev–Trinajstić information content (AvgIpc) is 3.11. The van der Waals surface area contributed by atoms with Crippen molar-refractivity contribution in [3.05, 3.63) is 76.9 Å². The molecule has 7 heteroatoms. The van der Waals surface area contributed by atoms with Crippen LogP contribution in [0.2, 0.25) is 0 Å². The van der Waals surface area contributed by atoms with E-state index in [0.717, 1.165) is 19.6 Å². The Morgan fingerprint density at radius 1 is 1.00 bits per heavy atom. The Hall–Kier alpha value is -3.45. The van der Waals surface area contributed by atoms with E-state index in [1.807, 2.05) is 6.07 Å². The zero-order valence-electron chi connectivity index (χ0n) is 19.3. The minimum atomic E-state index is -0.742. The highest BCUT2D eigenvalue weighted by atomic mass is 16.5. The van der Waals surface area contributed by atoms with Gasteiger partial charge in [-0.05, 0) is 43.8 Å².